The molecule has 5 aromatic rings. The number of aromatic nitrogens is 3. The Kier molecular flexibility index (Phi) is 3.90. The molecule has 0 atom stereocenters. The van der Waals surface area contributed by atoms with E-state index in [0.29, 0.717) is 38.5 Å². The van der Waals surface area contributed by atoms with Gasteiger partial charge in [-0.05, 0) is 48.5 Å². The number of carbonyl (C=O) groups excluding carboxylic acids is 1. The highest BCUT2D eigenvalue weighted by Gasteiger charge is 2.16. The molecule has 0 saturated carbocycles. The lowest BCUT2D eigenvalue weighted by Gasteiger charge is -2.06. The van der Waals surface area contributed by atoms with Gasteiger partial charge in [0.1, 0.15) is 17.1 Å². The average Bonchev–Trinajstić information content (AvgIpc) is 3.04. The molecule has 5 rings (SSSR count). The number of anilines is 1. The number of hydrogen-bond donors (Lipinski definition) is 1. The van der Waals surface area contributed by atoms with Crippen molar-refractivity contribution in [3.8, 4) is 6.07 Å². The molecule has 138 valence electrons. The fourth-order valence-electron chi connectivity index (χ4n) is 3.32. The van der Waals surface area contributed by atoms with Crippen molar-refractivity contribution in [3.63, 3.8) is 0 Å². The van der Waals surface area contributed by atoms with Gasteiger partial charge >= 0.3 is 0 Å². The van der Waals surface area contributed by atoms with Crippen molar-refractivity contribution in [2.75, 3.05) is 5.32 Å². The number of pyridine rings is 1. The average molecular weight is 398 g/mol. The van der Waals surface area contributed by atoms with Crippen LogP contribution in [0.1, 0.15) is 15.9 Å². The standard InChI is InChI=1S/C22H12ClN5O/c23-14-7-5-13(6-8-14)22(29)25-15-9-10-28-19(11-15)16(12-24)20-21(28)27-18-4-2-1-3-17(18)26-20/h1-11H,(H,25,29). The largest absolute Gasteiger partial charge is 0.322 e. The highest BCUT2D eigenvalue weighted by atomic mass is 35.5. The van der Waals surface area contributed by atoms with E-state index in [-0.39, 0.29) is 5.91 Å². The second-order valence-electron chi connectivity index (χ2n) is 6.50. The first-order valence-electron chi connectivity index (χ1n) is 8.81. The minimum absolute atomic E-state index is 0.261. The van der Waals surface area contributed by atoms with Crippen LogP contribution in [0.3, 0.4) is 0 Å². The highest BCUT2D eigenvalue weighted by molar-refractivity contribution is 6.30. The highest BCUT2D eigenvalue weighted by Crippen LogP contribution is 2.27. The van der Waals surface area contributed by atoms with Crippen molar-refractivity contribution in [1.29, 1.82) is 5.26 Å². The van der Waals surface area contributed by atoms with Crippen LogP contribution in [0.5, 0.6) is 0 Å². The van der Waals surface area contributed by atoms with Crippen molar-refractivity contribution >= 4 is 50.9 Å². The first-order chi connectivity index (χ1) is 14.1. The number of amides is 1. The third-order valence-corrected chi connectivity index (χ3v) is 4.96. The molecule has 29 heavy (non-hydrogen) atoms. The topological polar surface area (TPSA) is 83.1 Å². The molecule has 0 aliphatic rings. The Balaban J connectivity index is 1.63. The van der Waals surface area contributed by atoms with Crippen LogP contribution in [-0.2, 0) is 0 Å². The smallest absolute Gasteiger partial charge is 0.255 e. The molecular weight excluding hydrogens is 386 g/mol. The van der Waals surface area contributed by atoms with Crippen molar-refractivity contribution in [1.82, 2.24) is 14.4 Å². The van der Waals surface area contributed by atoms with Gasteiger partial charge in [0.15, 0.2) is 5.65 Å². The second kappa shape index (κ2) is 6.59. The molecule has 0 unspecified atom stereocenters. The van der Waals surface area contributed by atoms with E-state index in [2.05, 4.69) is 21.4 Å². The number of carbonyl (C=O) groups is 1. The SMILES string of the molecule is N#Cc1c2nc3ccccc3nc2n2ccc(NC(=O)c3ccc(Cl)cc3)cc12. The Bertz CT molecular complexity index is 1460. The molecule has 0 radical (unpaired) electrons. The van der Waals surface area contributed by atoms with Gasteiger partial charge in [0.05, 0.1) is 16.6 Å². The molecule has 0 spiro atoms. The molecule has 0 bridgehead atoms. The van der Waals surface area contributed by atoms with Gasteiger partial charge in [-0.25, -0.2) is 9.97 Å². The van der Waals surface area contributed by atoms with Crippen molar-refractivity contribution in [2.45, 2.75) is 0 Å². The molecule has 0 fully saturated rings. The first-order valence-corrected chi connectivity index (χ1v) is 9.19. The van der Waals surface area contributed by atoms with Gasteiger partial charge in [-0.3, -0.25) is 9.20 Å². The molecule has 0 aliphatic carbocycles. The molecule has 3 aromatic heterocycles. The second-order valence-corrected chi connectivity index (χ2v) is 6.94. The van der Waals surface area contributed by atoms with Gasteiger partial charge in [-0.2, -0.15) is 5.26 Å². The van der Waals surface area contributed by atoms with Gasteiger partial charge in [-0.1, -0.05) is 23.7 Å². The fraction of sp³-hybridized carbons (Fsp3) is 0. The summed E-state index contributed by atoms with van der Waals surface area (Å²) in [6.45, 7) is 0. The number of fused-ring (bicyclic) bond motifs is 4. The molecule has 1 N–H and O–H groups in total. The molecule has 0 saturated heterocycles. The van der Waals surface area contributed by atoms with Crippen molar-refractivity contribution < 1.29 is 4.79 Å². The van der Waals surface area contributed by atoms with E-state index in [1.807, 2.05) is 28.7 Å². The molecule has 3 heterocycles. The number of rotatable bonds is 2. The monoisotopic (exact) mass is 397 g/mol. The van der Waals surface area contributed by atoms with Crippen LogP contribution in [0.4, 0.5) is 5.69 Å². The zero-order valence-electron chi connectivity index (χ0n) is 14.9. The molecule has 6 nitrogen and oxygen atoms in total. The van der Waals surface area contributed by atoms with Crippen LogP contribution in [0.25, 0.3) is 27.7 Å². The number of benzene rings is 2. The number of halogens is 1. The summed E-state index contributed by atoms with van der Waals surface area (Å²) in [6.07, 6.45) is 1.78. The van der Waals surface area contributed by atoms with Crippen LogP contribution in [0.15, 0.2) is 66.9 Å². The third-order valence-electron chi connectivity index (χ3n) is 4.70. The number of hydrogen-bond acceptors (Lipinski definition) is 4. The van der Waals surface area contributed by atoms with Gasteiger partial charge in [0.25, 0.3) is 5.91 Å². The predicted octanol–water partition coefficient (Wildman–Crippen LogP) is 4.81. The van der Waals surface area contributed by atoms with Crippen LogP contribution in [0.2, 0.25) is 5.02 Å². The van der Waals surface area contributed by atoms with E-state index >= 15 is 0 Å². The summed E-state index contributed by atoms with van der Waals surface area (Å²) in [5.41, 5.74) is 4.73. The van der Waals surface area contributed by atoms with E-state index in [1.165, 1.54) is 0 Å². The molecule has 7 heteroatoms. The maximum atomic E-state index is 12.5. The summed E-state index contributed by atoms with van der Waals surface area (Å²) in [6, 6.07) is 19.9. The van der Waals surface area contributed by atoms with Crippen molar-refractivity contribution in [3.05, 3.63) is 83.0 Å². The first kappa shape index (κ1) is 17.2. The maximum Gasteiger partial charge on any atom is 0.255 e. The summed E-state index contributed by atoms with van der Waals surface area (Å²) in [4.78, 5) is 21.8. The van der Waals surface area contributed by atoms with Gasteiger partial charge in [0, 0.05) is 22.5 Å². The Labute approximate surface area is 170 Å². The minimum atomic E-state index is -0.261. The number of para-hydroxylation sites is 2. The molecule has 2 aromatic carbocycles. The van der Waals surface area contributed by atoms with Gasteiger partial charge in [-0.15, -0.1) is 0 Å². The van der Waals surface area contributed by atoms with E-state index in [9.17, 15) is 10.1 Å². The number of nitrogens with one attached hydrogen (secondary N) is 1. The third kappa shape index (κ3) is 2.85. The predicted molar refractivity (Wildman–Crippen MR) is 112 cm³/mol. The summed E-state index contributed by atoms with van der Waals surface area (Å²) >= 11 is 5.88. The lowest BCUT2D eigenvalue weighted by molar-refractivity contribution is 0.102. The quantitative estimate of drug-likeness (QED) is 0.463. The van der Waals surface area contributed by atoms with Crippen LogP contribution in [0, 0.1) is 11.3 Å². The zero-order valence-corrected chi connectivity index (χ0v) is 15.7. The lowest BCUT2D eigenvalue weighted by atomic mass is 10.2. The van der Waals surface area contributed by atoms with Crippen molar-refractivity contribution in [2.24, 2.45) is 0 Å². The van der Waals surface area contributed by atoms with Crippen LogP contribution >= 0.6 is 11.6 Å². The molecule has 0 aliphatic heterocycles. The van der Waals surface area contributed by atoms with Crippen LogP contribution in [-0.4, -0.2) is 20.3 Å². The Morgan fingerprint density at radius 2 is 1.76 bits per heavy atom. The zero-order chi connectivity index (χ0) is 20.0. The van der Waals surface area contributed by atoms with E-state index in [4.69, 9.17) is 11.6 Å². The summed E-state index contributed by atoms with van der Waals surface area (Å²) in [5, 5.41) is 13.2. The van der Waals surface area contributed by atoms with Gasteiger partial charge in [0.2, 0.25) is 0 Å². The minimum Gasteiger partial charge on any atom is -0.322 e. The Hall–Kier alpha value is -3.95. The maximum absolute atomic E-state index is 12.5. The van der Waals surface area contributed by atoms with E-state index in [1.54, 1.807) is 42.6 Å². The van der Waals surface area contributed by atoms with E-state index in [0.717, 1.165) is 11.0 Å². The van der Waals surface area contributed by atoms with E-state index < -0.39 is 0 Å². The number of nitriles is 1. The lowest BCUT2D eigenvalue weighted by Crippen LogP contribution is -2.11. The Morgan fingerprint density at radius 3 is 2.48 bits per heavy atom. The molecule has 1 amide bonds. The normalized spacial score (nSPS) is 11.0. The summed E-state index contributed by atoms with van der Waals surface area (Å²) in [5.74, 6) is -0.261. The summed E-state index contributed by atoms with van der Waals surface area (Å²) in [7, 11) is 0. The number of nitrogens with zero attached hydrogens (tertiary/aromatic N) is 4. The Morgan fingerprint density at radius 1 is 1.03 bits per heavy atom. The summed E-state index contributed by atoms with van der Waals surface area (Å²) < 4.78 is 1.81. The molecular formula is C22H12ClN5O. The fourth-order valence-corrected chi connectivity index (χ4v) is 3.44. The van der Waals surface area contributed by atoms with Gasteiger partial charge < -0.3 is 5.32 Å². The van der Waals surface area contributed by atoms with Crippen LogP contribution < -0.4 is 5.32 Å².